The quantitative estimate of drug-likeness (QED) is 0.142. The van der Waals surface area contributed by atoms with Gasteiger partial charge in [0.15, 0.2) is 0 Å². The summed E-state index contributed by atoms with van der Waals surface area (Å²) in [5.41, 5.74) is 0. The monoisotopic (exact) mass is 674 g/mol. The van der Waals surface area contributed by atoms with Crippen molar-refractivity contribution < 1.29 is 31.9 Å². The fourth-order valence-corrected chi connectivity index (χ4v) is 8.59. The Kier molecular flexibility index (Phi) is 19.4. The van der Waals surface area contributed by atoms with Gasteiger partial charge in [-0.15, -0.1) is 27.8 Å². The minimum Gasteiger partial charge on any atom is -0.400 e. The van der Waals surface area contributed by atoms with E-state index in [2.05, 4.69) is 158 Å². The van der Waals surface area contributed by atoms with E-state index in [1.54, 1.807) is 0 Å². The molecule has 0 aliphatic heterocycles. The van der Waals surface area contributed by atoms with E-state index in [1.807, 2.05) is 0 Å². The Morgan fingerprint density at radius 1 is 0.372 bits per heavy atom. The second-order valence-corrected chi connectivity index (χ2v) is 14.4. The molecule has 0 radical (unpaired) electrons. The Labute approximate surface area is 279 Å². The first kappa shape index (κ1) is 37.1. The van der Waals surface area contributed by atoms with Crippen molar-refractivity contribution in [2.45, 2.75) is 0 Å². The molecule has 0 aliphatic rings. The summed E-state index contributed by atoms with van der Waals surface area (Å²) in [5, 5.41) is 25.4. The second-order valence-electron chi connectivity index (χ2n) is 8.74. The Bertz CT molecular complexity index is 1280. The van der Waals surface area contributed by atoms with Gasteiger partial charge in [-0.2, -0.15) is 47.0 Å². The van der Waals surface area contributed by atoms with Gasteiger partial charge in [0.25, 0.3) is 0 Å². The SMILES string of the molecule is CO.CO.[Ti+2].c1ccc(Pc2c[cH-]c(Pc3ccccc3)c2)cc1.c1ccc(Pc2c[cH-]c(Pc3ccccc3)c2)cc1. The van der Waals surface area contributed by atoms with Crippen molar-refractivity contribution in [3.63, 3.8) is 0 Å². The molecular formula is C36H38O2P4Ti. The smallest absolute Gasteiger partial charge is 0.400 e. The van der Waals surface area contributed by atoms with Crippen molar-refractivity contribution in [2.24, 2.45) is 0 Å². The van der Waals surface area contributed by atoms with Gasteiger partial charge in [0.05, 0.1) is 0 Å². The van der Waals surface area contributed by atoms with Gasteiger partial charge in [0.1, 0.15) is 0 Å². The van der Waals surface area contributed by atoms with E-state index in [4.69, 9.17) is 10.2 Å². The first-order chi connectivity index (χ1) is 20.8. The fourth-order valence-electron chi connectivity index (χ4n) is 3.95. The van der Waals surface area contributed by atoms with Crippen LogP contribution in [0, 0.1) is 0 Å². The molecule has 0 spiro atoms. The van der Waals surface area contributed by atoms with Crippen molar-refractivity contribution in [3.05, 3.63) is 158 Å². The van der Waals surface area contributed by atoms with Crippen LogP contribution in [-0.2, 0) is 21.7 Å². The van der Waals surface area contributed by atoms with Crippen LogP contribution < -0.4 is 42.4 Å². The fraction of sp³-hybridized carbons (Fsp3) is 0.0556. The molecule has 218 valence electrons. The molecule has 4 unspecified atom stereocenters. The van der Waals surface area contributed by atoms with Gasteiger partial charge in [0, 0.05) is 14.2 Å². The van der Waals surface area contributed by atoms with Gasteiger partial charge < -0.3 is 10.2 Å². The summed E-state index contributed by atoms with van der Waals surface area (Å²) in [5.74, 6) is 0. The third-order valence-corrected chi connectivity index (χ3v) is 10.6. The summed E-state index contributed by atoms with van der Waals surface area (Å²) >= 11 is 0. The zero-order valence-corrected chi connectivity index (χ0v) is 30.0. The molecule has 0 saturated carbocycles. The van der Waals surface area contributed by atoms with Crippen LogP contribution in [0.3, 0.4) is 0 Å². The van der Waals surface area contributed by atoms with E-state index in [0.717, 1.165) is 48.5 Å². The van der Waals surface area contributed by atoms with Crippen LogP contribution in [0.5, 0.6) is 0 Å². The topological polar surface area (TPSA) is 40.5 Å². The number of benzene rings is 4. The molecule has 0 aromatic heterocycles. The van der Waals surface area contributed by atoms with Crippen LogP contribution in [0.4, 0.5) is 0 Å². The number of rotatable bonds is 8. The number of hydrogen-bond donors (Lipinski definition) is 2. The normalized spacial score (nSPS) is 10.7. The summed E-state index contributed by atoms with van der Waals surface area (Å²) in [6, 6.07) is 56.5. The number of hydrogen-bond acceptors (Lipinski definition) is 2. The summed E-state index contributed by atoms with van der Waals surface area (Å²) in [4.78, 5) is 0. The molecule has 0 heterocycles. The summed E-state index contributed by atoms with van der Waals surface area (Å²) in [6.45, 7) is 0. The molecule has 0 aliphatic carbocycles. The average Bonchev–Trinajstić information content (AvgIpc) is 3.70. The van der Waals surface area contributed by atoms with Gasteiger partial charge in [-0.05, 0) is 21.2 Å². The maximum atomic E-state index is 7.00. The van der Waals surface area contributed by atoms with Crippen molar-refractivity contribution in [1.29, 1.82) is 0 Å². The third-order valence-electron chi connectivity index (χ3n) is 5.76. The third kappa shape index (κ3) is 14.1. The minimum absolute atomic E-state index is 0. The Balaban J connectivity index is 0.000000264. The zero-order valence-electron chi connectivity index (χ0n) is 24.4. The summed E-state index contributed by atoms with van der Waals surface area (Å²) in [7, 11) is 5.05. The van der Waals surface area contributed by atoms with E-state index < -0.39 is 0 Å². The first-order valence-electron chi connectivity index (χ1n) is 13.5. The van der Waals surface area contributed by atoms with Gasteiger partial charge in [-0.25, -0.2) is 0 Å². The summed E-state index contributed by atoms with van der Waals surface area (Å²) in [6.07, 6.45) is 0. The molecule has 4 atom stereocenters. The van der Waals surface area contributed by atoms with Gasteiger partial charge >= 0.3 is 21.7 Å². The van der Waals surface area contributed by atoms with Crippen LogP contribution in [0.2, 0.25) is 0 Å². The van der Waals surface area contributed by atoms with E-state index in [-0.39, 0.29) is 21.7 Å². The zero-order chi connectivity index (χ0) is 29.8. The molecule has 6 aromatic rings. The van der Waals surface area contributed by atoms with Crippen LogP contribution in [-0.4, -0.2) is 24.4 Å². The van der Waals surface area contributed by atoms with Gasteiger partial charge in [-0.3, -0.25) is 0 Å². The Morgan fingerprint density at radius 3 is 0.907 bits per heavy atom. The standard InChI is InChI=1S/2C17H15P2.2CH4O.Ti/c2*1-3-7-14(8-4-1)18-16-11-12-17(13-16)19-15-9-5-2-6-10-15;2*1-2;/h2*1-13,18-19H;2*2H,1H3;/q2*-1;;;+2. The summed E-state index contributed by atoms with van der Waals surface area (Å²) < 4.78 is 0. The number of aliphatic hydroxyl groups excluding tert-OH is 2. The van der Waals surface area contributed by atoms with Crippen LogP contribution in [0.15, 0.2) is 158 Å². The molecule has 6 aromatic carbocycles. The molecule has 0 bridgehead atoms. The van der Waals surface area contributed by atoms with E-state index >= 15 is 0 Å². The Morgan fingerprint density at radius 2 is 0.628 bits per heavy atom. The molecule has 0 amide bonds. The largest absolute Gasteiger partial charge is 2.00 e. The molecule has 6 rings (SSSR count). The number of aliphatic hydroxyl groups is 2. The van der Waals surface area contributed by atoms with Gasteiger partial charge in [-0.1, -0.05) is 138 Å². The van der Waals surface area contributed by atoms with Crippen molar-refractivity contribution in [3.8, 4) is 0 Å². The van der Waals surface area contributed by atoms with Crippen LogP contribution in [0.1, 0.15) is 0 Å². The molecule has 0 saturated heterocycles. The average molecular weight is 674 g/mol. The predicted molar refractivity (Wildman–Crippen MR) is 196 cm³/mol. The predicted octanol–water partition coefficient (Wildman–Crippen LogP) is 4.54. The molecular weight excluding hydrogens is 636 g/mol. The van der Waals surface area contributed by atoms with Crippen molar-refractivity contribution in [2.75, 3.05) is 14.2 Å². The maximum Gasteiger partial charge on any atom is 2.00 e. The van der Waals surface area contributed by atoms with Gasteiger partial charge in [0.2, 0.25) is 0 Å². The van der Waals surface area contributed by atoms with E-state index in [1.165, 1.54) is 42.4 Å². The van der Waals surface area contributed by atoms with Crippen molar-refractivity contribution >= 4 is 76.8 Å². The van der Waals surface area contributed by atoms with Crippen LogP contribution >= 0.6 is 34.3 Å². The van der Waals surface area contributed by atoms with E-state index in [9.17, 15) is 0 Å². The molecule has 7 heteroatoms. The molecule has 0 fully saturated rings. The van der Waals surface area contributed by atoms with E-state index in [0.29, 0.717) is 0 Å². The second kappa shape index (κ2) is 22.4. The minimum atomic E-state index is 0. The Hall–Kier alpha value is -2.07. The molecule has 2 nitrogen and oxygen atoms in total. The first-order valence-corrected chi connectivity index (χ1v) is 17.5. The van der Waals surface area contributed by atoms with Crippen molar-refractivity contribution in [1.82, 2.24) is 0 Å². The maximum absolute atomic E-state index is 7.00. The van der Waals surface area contributed by atoms with Crippen LogP contribution in [0.25, 0.3) is 0 Å². The molecule has 2 N–H and O–H groups in total. The molecule has 43 heavy (non-hydrogen) atoms.